The van der Waals surface area contributed by atoms with Gasteiger partial charge in [0.25, 0.3) is 5.89 Å². The van der Waals surface area contributed by atoms with Gasteiger partial charge in [-0.25, -0.2) is 4.79 Å². The summed E-state index contributed by atoms with van der Waals surface area (Å²) in [6.45, 7) is 2.41. The van der Waals surface area contributed by atoms with Crippen LogP contribution in [0.25, 0.3) is 17.5 Å². The van der Waals surface area contributed by atoms with E-state index in [1.165, 1.54) is 6.08 Å². The molecular weight excluding hydrogens is 248 g/mol. The quantitative estimate of drug-likeness (QED) is 0.830. The fraction of sp³-hybridized carbons (Fsp3) is 0.154. The largest absolute Gasteiger partial charge is 0.493 e. The summed E-state index contributed by atoms with van der Waals surface area (Å²) in [7, 11) is 0. The van der Waals surface area contributed by atoms with Crippen LogP contribution in [0.5, 0.6) is 5.75 Å². The van der Waals surface area contributed by atoms with Gasteiger partial charge < -0.3 is 14.3 Å². The Bertz CT molecular complexity index is 604. The van der Waals surface area contributed by atoms with Crippen molar-refractivity contribution in [1.29, 1.82) is 0 Å². The fourth-order valence-electron chi connectivity index (χ4n) is 1.48. The van der Waals surface area contributed by atoms with Gasteiger partial charge in [-0.3, -0.25) is 0 Å². The van der Waals surface area contributed by atoms with E-state index in [-0.39, 0.29) is 11.8 Å². The minimum absolute atomic E-state index is 0.128. The molecule has 1 N–H and O–H groups in total. The van der Waals surface area contributed by atoms with Crippen molar-refractivity contribution >= 4 is 12.0 Å². The first-order valence-electron chi connectivity index (χ1n) is 5.67. The Kier molecular flexibility index (Phi) is 3.92. The molecule has 2 aromatic rings. The first-order valence-corrected chi connectivity index (χ1v) is 5.67. The summed E-state index contributed by atoms with van der Waals surface area (Å²) in [5, 5.41) is 16.1. The number of benzene rings is 1. The van der Waals surface area contributed by atoms with E-state index < -0.39 is 5.97 Å². The third-order valence-electron chi connectivity index (χ3n) is 2.23. The van der Waals surface area contributed by atoms with E-state index in [1.54, 1.807) is 12.1 Å². The predicted molar refractivity (Wildman–Crippen MR) is 67.6 cm³/mol. The first kappa shape index (κ1) is 12.8. The van der Waals surface area contributed by atoms with Crippen LogP contribution in [0.15, 0.2) is 34.8 Å². The molecule has 6 heteroatoms. The summed E-state index contributed by atoms with van der Waals surface area (Å²) >= 11 is 0. The van der Waals surface area contributed by atoms with E-state index in [0.717, 1.165) is 6.08 Å². The minimum atomic E-state index is -1.07. The number of ether oxygens (including phenoxy) is 1. The second-order valence-corrected chi connectivity index (χ2v) is 3.55. The fourth-order valence-corrected chi connectivity index (χ4v) is 1.48. The Labute approximate surface area is 109 Å². The Balaban J connectivity index is 2.30. The molecule has 0 unspecified atom stereocenters. The third-order valence-corrected chi connectivity index (χ3v) is 2.23. The summed E-state index contributed by atoms with van der Waals surface area (Å²) in [6, 6.07) is 7.27. The number of hydrogen-bond acceptors (Lipinski definition) is 5. The molecule has 0 aliphatic rings. The van der Waals surface area contributed by atoms with Gasteiger partial charge >= 0.3 is 5.97 Å². The standard InChI is InChI=1S/C13H12N2O4/c1-2-18-10-6-4-3-5-9(10)13-15-14-11(19-13)7-8-12(16)17/h3-8H,2H2,1H3,(H,16,17)/b8-7+. The maximum Gasteiger partial charge on any atom is 0.328 e. The van der Waals surface area contributed by atoms with Crippen molar-refractivity contribution in [2.75, 3.05) is 6.61 Å². The molecule has 0 radical (unpaired) electrons. The first-order chi connectivity index (χ1) is 9.20. The lowest BCUT2D eigenvalue weighted by atomic mass is 10.2. The summed E-state index contributed by atoms with van der Waals surface area (Å²) < 4.78 is 10.8. The van der Waals surface area contributed by atoms with Gasteiger partial charge in [0.05, 0.1) is 12.2 Å². The second kappa shape index (κ2) is 5.81. The van der Waals surface area contributed by atoms with Crippen molar-refractivity contribution in [3.63, 3.8) is 0 Å². The topological polar surface area (TPSA) is 85.5 Å². The highest BCUT2D eigenvalue weighted by Crippen LogP contribution is 2.28. The molecule has 0 fully saturated rings. The second-order valence-electron chi connectivity index (χ2n) is 3.55. The van der Waals surface area contributed by atoms with Crippen LogP contribution in [0.4, 0.5) is 0 Å². The van der Waals surface area contributed by atoms with E-state index >= 15 is 0 Å². The van der Waals surface area contributed by atoms with Crippen LogP contribution >= 0.6 is 0 Å². The number of rotatable bonds is 5. The molecule has 0 aliphatic heterocycles. The van der Waals surface area contributed by atoms with Gasteiger partial charge in [0.2, 0.25) is 5.89 Å². The summed E-state index contributed by atoms with van der Waals surface area (Å²) in [5.41, 5.74) is 0.673. The van der Waals surface area contributed by atoms with Gasteiger partial charge in [-0.15, -0.1) is 10.2 Å². The lowest BCUT2D eigenvalue weighted by Gasteiger charge is -2.05. The molecule has 0 atom stereocenters. The molecule has 6 nitrogen and oxygen atoms in total. The summed E-state index contributed by atoms with van der Waals surface area (Å²) in [6.07, 6.45) is 2.17. The van der Waals surface area contributed by atoms with Crippen LogP contribution in [0.2, 0.25) is 0 Å². The smallest absolute Gasteiger partial charge is 0.328 e. The Morgan fingerprint density at radius 1 is 1.42 bits per heavy atom. The van der Waals surface area contributed by atoms with E-state index in [0.29, 0.717) is 17.9 Å². The lowest BCUT2D eigenvalue weighted by molar-refractivity contribution is -0.131. The highest BCUT2D eigenvalue weighted by Gasteiger charge is 2.12. The van der Waals surface area contributed by atoms with Gasteiger partial charge in [0.1, 0.15) is 5.75 Å². The van der Waals surface area contributed by atoms with Crippen molar-refractivity contribution in [3.05, 3.63) is 36.2 Å². The SMILES string of the molecule is CCOc1ccccc1-c1nnc(/C=C/C(=O)O)o1. The maximum atomic E-state index is 10.4. The third kappa shape index (κ3) is 3.19. The number of hydrogen-bond donors (Lipinski definition) is 1. The molecule has 0 amide bonds. The van der Waals surface area contributed by atoms with Crippen molar-refractivity contribution in [3.8, 4) is 17.2 Å². The number of carbonyl (C=O) groups is 1. The molecule has 1 aromatic heterocycles. The molecule has 0 saturated carbocycles. The maximum absolute atomic E-state index is 10.4. The predicted octanol–water partition coefficient (Wildman–Crippen LogP) is 2.23. The molecular formula is C13H12N2O4. The zero-order valence-corrected chi connectivity index (χ0v) is 10.2. The zero-order valence-electron chi connectivity index (χ0n) is 10.2. The average molecular weight is 260 g/mol. The lowest BCUT2D eigenvalue weighted by Crippen LogP contribution is -1.93. The molecule has 1 aromatic carbocycles. The van der Waals surface area contributed by atoms with Gasteiger partial charge in [0.15, 0.2) is 0 Å². The van der Waals surface area contributed by atoms with Crippen LogP contribution in [0.3, 0.4) is 0 Å². The number of aliphatic carboxylic acids is 1. The zero-order chi connectivity index (χ0) is 13.7. The van der Waals surface area contributed by atoms with Crippen LogP contribution in [-0.2, 0) is 4.79 Å². The van der Waals surface area contributed by atoms with Crippen LogP contribution in [-0.4, -0.2) is 27.9 Å². The number of aromatic nitrogens is 2. The molecule has 98 valence electrons. The van der Waals surface area contributed by atoms with E-state index in [1.807, 2.05) is 19.1 Å². The van der Waals surface area contributed by atoms with Crippen molar-refractivity contribution in [2.45, 2.75) is 6.92 Å². The van der Waals surface area contributed by atoms with Crippen molar-refractivity contribution in [1.82, 2.24) is 10.2 Å². The Morgan fingerprint density at radius 3 is 2.95 bits per heavy atom. The molecule has 2 rings (SSSR count). The normalized spacial score (nSPS) is 10.8. The molecule has 0 spiro atoms. The van der Waals surface area contributed by atoms with Crippen LogP contribution < -0.4 is 4.74 Å². The van der Waals surface area contributed by atoms with E-state index in [9.17, 15) is 4.79 Å². The highest BCUT2D eigenvalue weighted by molar-refractivity contribution is 5.84. The van der Waals surface area contributed by atoms with Crippen LogP contribution in [0.1, 0.15) is 12.8 Å². The Morgan fingerprint density at radius 2 is 2.21 bits per heavy atom. The molecule has 0 aliphatic carbocycles. The van der Waals surface area contributed by atoms with Crippen molar-refractivity contribution in [2.24, 2.45) is 0 Å². The van der Waals surface area contributed by atoms with Gasteiger partial charge in [-0.1, -0.05) is 12.1 Å². The minimum Gasteiger partial charge on any atom is -0.493 e. The van der Waals surface area contributed by atoms with E-state index in [2.05, 4.69) is 10.2 Å². The number of nitrogens with zero attached hydrogens (tertiary/aromatic N) is 2. The average Bonchev–Trinajstić information content (AvgIpc) is 2.86. The monoisotopic (exact) mass is 260 g/mol. The summed E-state index contributed by atoms with van der Waals surface area (Å²) in [4.78, 5) is 10.4. The number of carboxylic acid groups (broad SMARTS) is 1. The van der Waals surface area contributed by atoms with Crippen LogP contribution in [0, 0.1) is 0 Å². The van der Waals surface area contributed by atoms with Gasteiger partial charge in [-0.05, 0) is 19.1 Å². The number of carboxylic acids is 1. The van der Waals surface area contributed by atoms with Gasteiger partial charge in [0, 0.05) is 12.2 Å². The number of para-hydroxylation sites is 1. The molecule has 19 heavy (non-hydrogen) atoms. The van der Waals surface area contributed by atoms with Gasteiger partial charge in [-0.2, -0.15) is 0 Å². The Hall–Kier alpha value is -2.63. The highest BCUT2D eigenvalue weighted by atomic mass is 16.5. The molecule has 0 saturated heterocycles. The van der Waals surface area contributed by atoms with Crippen molar-refractivity contribution < 1.29 is 19.1 Å². The molecule has 1 heterocycles. The summed E-state index contributed by atoms with van der Waals surface area (Å²) in [5.74, 6) is -0.0188. The van der Waals surface area contributed by atoms with E-state index in [4.69, 9.17) is 14.3 Å². The molecule has 0 bridgehead atoms.